The Bertz CT molecular complexity index is 1400. The number of pyridine rings is 1. The van der Waals surface area contributed by atoms with E-state index in [4.69, 9.17) is 4.74 Å². The second kappa shape index (κ2) is 9.77. The van der Waals surface area contributed by atoms with Crippen LogP contribution < -0.4 is 20.5 Å². The SMILES string of the molecule is COc1cc(-c2cn(Cc3ccc(N4CCCC(NCC5CCC5)C4)c(=O)[nH]3)nn2)c2cn[nH]c2c1. The molecule has 1 aliphatic heterocycles. The van der Waals surface area contributed by atoms with Crippen molar-refractivity contribution in [3.63, 3.8) is 0 Å². The highest BCUT2D eigenvalue weighted by molar-refractivity contribution is 5.94. The molecule has 10 nitrogen and oxygen atoms in total. The van der Waals surface area contributed by atoms with Crippen LogP contribution in [0.25, 0.3) is 22.2 Å². The van der Waals surface area contributed by atoms with Crippen molar-refractivity contribution in [3.05, 3.63) is 52.7 Å². The number of aromatic amines is 2. The van der Waals surface area contributed by atoms with Gasteiger partial charge in [-0.3, -0.25) is 9.89 Å². The van der Waals surface area contributed by atoms with Crippen molar-refractivity contribution in [2.75, 3.05) is 31.6 Å². The van der Waals surface area contributed by atoms with Crippen molar-refractivity contribution >= 4 is 16.6 Å². The summed E-state index contributed by atoms with van der Waals surface area (Å²) in [6.07, 6.45) is 9.99. The summed E-state index contributed by atoms with van der Waals surface area (Å²) in [6.45, 7) is 3.33. The van der Waals surface area contributed by atoms with E-state index in [1.54, 1.807) is 18.0 Å². The summed E-state index contributed by atoms with van der Waals surface area (Å²) in [5.41, 5.74) is 3.95. The zero-order valence-electron chi connectivity index (χ0n) is 20.5. The largest absolute Gasteiger partial charge is 0.497 e. The Labute approximate surface area is 209 Å². The fourth-order valence-electron chi connectivity index (χ4n) is 5.27. The first-order chi connectivity index (χ1) is 17.7. The number of piperidine rings is 1. The minimum absolute atomic E-state index is 0.0552. The number of ether oxygens (including phenoxy) is 1. The van der Waals surface area contributed by atoms with Crippen LogP contribution in [0, 0.1) is 5.92 Å². The number of anilines is 1. The van der Waals surface area contributed by atoms with Gasteiger partial charge in [-0.2, -0.15) is 5.10 Å². The van der Waals surface area contributed by atoms with Crippen molar-refractivity contribution in [1.29, 1.82) is 0 Å². The lowest BCUT2D eigenvalue weighted by Crippen LogP contribution is -2.48. The third-order valence-electron chi connectivity index (χ3n) is 7.55. The van der Waals surface area contributed by atoms with Gasteiger partial charge < -0.3 is 19.9 Å². The first-order valence-corrected chi connectivity index (χ1v) is 12.8. The van der Waals surface area contributed by atoms with Gasteiger partial charge in [0.15, 0.2) is 0 Å². The quantitative estimate of drug-likeness (QED) is 0.349. The monoisotopic (exact) mass is 488 g/mol. The van der Waals surface area contributed by atoms with E-state index in [0.717, 1.165) is 65.6 Å². The molecule has 1 saturated heterocycles. The number of nitrogens with zero attached hydrogens (tertiary/aromatic N) is 5. The average molecular weight is 489 g/mol. The number of hydrogen-bond donors (Lipinski definition) is 3. The van der Waals surface area contributed by atoms with E-state index in [1.807, 2.05) is 30.5 Å². The maximum atomic E-state index is 13.0. The van der Waals surface area contributed by atoms with Crippen molar-refractivity contribution < 1.29 is 4.74 Å². The summed E-state index contributed by atoms with van der Waals surface area (Å²) >= 11 is 0. The summed E-state index contributed by atoms with van der Waals surface area (Å²) < 4.78 is 7.15. The molecular weight excluding hydrogens is 456 g/mol. The van der Waals surface area contributed by atoms with Crippen LogP contribution in [0.4, 0.5) is 5.69 Å². The van der Waals surface area contributed by atoms with Gasteiger partial charge in [-0.15, -0.1) is 5.10 Å². The van der Waals surface area contributed by atoms with Crippen LogP contribution in [0.15, 0.2) is 41.5 Å². The van der Waals surface area contributed by atoms with Crippen LogP contribution in [-0.2, 0) is 6.54 Å². The second-order valence-corrected chi connectivity index (χ2v) is 10.00. The predicted molar refractivity (Wildman–Crippen MR) is 138 cm³/mol. The molecule has 0 spiro atoms. The van der Waals surface area contributed by atoms with Gasteiger partial charge in [-0.25, -0.2) is 4.68 Å². The van der Waals surface area contributed by atoms with E-state index in [2.05, 4.69) is 35.7 Å². The van der Waals surface area contributed by atoms with Crippen LogP contribution in [-0.4, -0.2) is 63.0 Å². The normalized spacial score (nSPS) is 18.5. The zero-order valence-corrected chi connectivity index (χ0v) is 20.5. The third-order valence-corrected chi connectivity index (χ3v) is 7.55. The number of hydrogen-bond acceptors (Lipinski definition) is 7. The molecule has 1 aromatic carbocycles. The van der Waals surface area contributed by atoms with E-state index in [9.17, 15) is 4.79 Å². The first kappa shape index (κ1) is 22.8. The number of aromatic nitrogens is 6. The predicted octanol–water partition coefficient (Wildman–Crippen LogP) is 2.93. The Kier molecular flexibility index (Phi) is 6.18. The lowest BCUT2D eigenvalue weighted by molar-refractivity contribution is 0.280. The fourth-order valence-corrected chi connectivity index (χ4v) is 5.27. The topological polar surface area (TPSA) is 117 Å². The average Bonchev–Trinajstić information content (AvgIpc) is 3.52. The van der Waals surface area contributed by atoms with Gasteiger partial charge in [-0.05, 0) is 56.3 Å². The molecule has 1 unspecified atom stereocenters. The van der Waals surface area contributed by atoms with Crippen LogP contribution in [0.3, 0.4) is 0 Å². The number of nitrogens with one attached hydrogen (secondary N) is 3. The molecule has 6 rings (SSSR count). The molecule has 10 heteroatoms. The lowest BCUT2D eigenvalue weighted by Gasteiger charge is -2.36. The molecule has 0 radical (unpaired) electrons. The Balaban J connectivity index is 1.15. The molecule has 36 heavy (non-hydrogen) atoms. The highest BCUT2D eigenvalue weighted by Gasteiger charge is 2.24. The van der Waals surface area contributed by atoms with Crippen molar-refractivity contribution in [3.8, 4) is 17.0 Å². The number of rotatable bonds is 8. The van der Waals surface area contributed by atoms with E-state index in [1.165, 1.54) is 25.7 Å². The van der Waals surface area contributed by atoms with Crippen LogP contribution in [0.1, 0.15) is 37.8 Å². The lowest BCUT2D eigenvalue weighted by atomic mass is 9.85. The molecule has 0 bridgehead atoms. The third kappa shape index (κ3) is 4.60. The van der Waals surface area contributed by atoms with E-state index >= 15 is 0 Å². The molecule has 1 saturated carbocycles. The molecule has 2 fully saturated rings. The Morgan fingerprint density at radius 2 is 2.11 bits per heavy atom. The molecule has 4 aromatic rings. The molecule has 4 heterocycles. The minimum Gasteiger partial charge on any atom is -0.497 e. The highest BCUT2D eigenvalue weighted by atomic mass is 16.5. The summed E-state index contributed by atoms with van der Waals surface area (Å²) in [6, 6.07) is 8.19. The number of benzene rings is 1. The van der Waals surface area contributed by atoms with E-state index < -0.39 is 0 Å². The van der Waals surface area contributed by atoms with Gasteiger partial charge >= 0.3 is 0 Å². The van der Waals surface area contributed by atoms with Crippen molar-refractivity contribution in [2.45, 2.75) is 44.7 Å². The number of H-pyrrole nitrogens is 2. The Hall–Kier alpha value is -3.66. The van der Waals surface area contributed by atoms with Gasteiger partial charge in [0.1, 0.15) is 17.1 Å². The van der Waals surface area contributed by atoms with Gasteiger partial charge in [0.25, 0.3) is 5.56 Å². The van der Waals surface area contributed by atoms with Gasteiger partial charge in [0.05, 0.1) is 31.6 Å². The maximum Gasteiger partial charge on any atom is 0.271 e. The summed E-state index contributed by atoms with van der Waals surface area (Å²) in [4.78, 5) is 18.3. The Morgan fingerprint density at radius 3 is 2.92 bits per heavy atom. The standard InChI is InChI=1S/C26H32N8O2/c1-36-20-10-21(22-13-28-30-23(22)11-20)24-16-34(32-31-24)15-19-7-8-25(26(35)29-19)33-9-3-6-18(14-33)27-12-17-4-2-5-17/h7-8,10-11,13,16-18,27H,2-6,9,12,14-15H2,1H3,(H,28,30)(H,29,35). The zero-order chi connectivity index (χ0) is 24.5. The van der Waals surface area contributed by atoms with Crippen LogP contribution >= 0.6 is 0 Å². The number of methoxy groups -OCH3 is 1. The Morgan fingerprint density at radius 1 is 1.19 bits per heavy atom. The summed E-state index contributed by atoms with van der Waals surface area (Å²) in [5.74, 6) is 1.56. The first-order valence-electron chi connectivity index (χ1n) is 12.8. The van der Waals surface area contributed by atoms with E-state index in [0.29, 0.717) is 18.3 Å². The molecular formula is C26H32N8O2. The smallest absolute Gasteiger partial charge is 0.271 e. The van der Waals surface area contributed by atoms with Gasteiger partial charge in [0.2, 0.25) is 0 Å². The van der Waals surface area contributed by atoms with E-state index in [-0.39, 0.29) is 5.56 Å². The van der Waals surface area contributed by atoms with Gasteiger partial charge in [-0.1, -0.05) is 11.6 Å². The maximum absolute atomic E-state index is 13.0. The second-order valence-electron chi connectivity index (χ2n) is 10.00. The summed E-state index contributed by atoms with van der Waals surface area (Å²) in [5, 5.41) is 20.4. The molecule has 0 amide bonds. The number of fused-ring (bicyclic) bond motifs is 1. The molecule has 188 valence electrons. The molecule has 1 atom stereocenters. The van der Waals surface area contributed by atoms with Crippen molar-refractivity contribution in [2.24, 2.45) is 5.92 Å². The molecule has 2 aliphatic rings. The van der Waals surface area contributed by atoms with Gasteiger partial charge in [0, 0.05) is 41.8 Å². The van der Waals surface area contributed by atoms with Crippen molar-refractivity contribution in [1.82, 2.24) is 35.5 Å². The van der Waals surface area contributed by atoms with Crippen LogP contribution in [0.2, 0.25) is 0 Å². The molecule has 1 aliphatic carbocycles. The minimum atomic E-state index is -0.0552. The summed E-state index contributed by atoms with van der Waals surface area (Å²) in [7, 11) is 1.63. The van der Waals surface area contributed by atoms with Crippen LogP contribution in [0.5, 0.6) is 5.75 Å². The molecule has 3 N–H and O–H groups in total. The molecule has 3 aromatic heterocycles. The fraction of sp³-hybridized carbons (Fsp3) is 0.462. The highest BCUT2D eigenvalue weighted by Crippen LogP contribution is 2.31.